The summed E-state index contributed by atoms with van der Waals surface area (Å²) in [5.74, 6) is 0.572. The third-order valence-electron chi connectivity index (χ3n) is 3.69. The molecule has 4 aromatic rings. The Bertz CT molecular complexity index is 1010. The first-order valence-corrected chi connectivity index (χ1v) is 7.68. The lowest BCUT2D eigenvalue weighted by Crippen LogP contribution is -1.96. The lowest BCUT2D eigenvalue weighted by molar-refractivity contribution is 0.768. The number of nitrogens with one attached hydrogen (secondary N) is 1. The van der Waals surface area contributed by atoms with Crippen LogP contribution < -0.4 is 5.32 Å². The molecule has 0 atom stereocenters. The Morgan fingerprint density at radius 2 is 1.88 bits per heavy atom. The number of aromatic nitrogens is 5. The number of hydrogen-bond donors (Lipinski definition) is 1. The van der Waals surface area contributed by atoms with Crippen molar-refractivity contribution in [1.82, 2.24) is 24.7 Å². The van der Waals surface area contributed by atoms with Gasteiger partial charge in [0.25, 0.3) is 0 Å². The van der Waals surface area contributed by atoms with Crippen LogP contribution in [0, 0.1) is 0 Å². The van der Waals surface area contributed by atoms with Crippen molar-refractivity contribution in [3.63, 3.8) is 0 Å². The number of pyridine rings is 1. The van der Waals surface area contributed by atoms with E-state index in [9.17, 15) is 0 Å². The van der Waals surface area contributed by atoms with E-state index >= 15 is 0 Å². The second-order valence-electron chi connectivity index (χ2n) is 5.38. The van der Waals surface area contributed by atoms with Gasteiger partial charge in [0.15, 0.2) is 0 Å². The van der Waals surface area contributed by atoms with Crippen LogP contribution in [0.2, 0.25) is 5.02 Å². The van der Waals surface area contributed by atoms with E-state index in [0.717, 1.165) is 27.6 Å². The van der Waals surface area contributed by atoms with E-state index in [2.05, 4.69) is 25.4 Å². The van der Waals surface area contributed by atoms with Crippen LogP contribution in [-0.2, 0) is 7.05 Å². The largest absolute Gasteiger partial charge is 0.336 e. The summed E-state index contributed by atoms with van der Waals surface area (Å²) in [5, 5.41) is 9.81. The Labute approximate surface area is 143 Å². The van der Waals surface area contributed by atoms with Crippen LogP contribution in [0.15, 0.2) is 55.5 Å². The van der Waals surface area contributed by atoms with Gasteiger partial charge in [0.1, 0.15) is 12.1 Å². The van der Waals surface area contributed by atoms with Crippen molar-refractivity contribution in [2.45, 2.75) is 0 Å². The van der Waals surface area contributed by atoms with Gasteiger partial charge in [-0.1, -0.05) is 23.7 Å². The standard InChI is InChI=1S/C17H13ClN6/c1-24-9-13(6-22-24)11-2-3-12-5-21-17(16(18)15(12)4-11)23-14-7-19-10-20-8-14/h2-10H,1H3,(H,21,23). The van der Waals surface area contributed by atoms with Crippen LogP contribution >= 0.6 is 11.6 Å². The van der Waals surface area contributed by atoms with Crippen LogP contribution in [0.3, 0.4) is 0 Å². The Hall–Kier alpha value is -2.99. The van der Waals surface area contributed by atoms with Gasteiger partial charge in [0.05, 0.1) is 29.3 Å². The van der Waals surface area contributed by atoms with E-state index < -0.39 is 0 Å². The minimum absolute atomic E-state index is 0.557. The van der Waals surface area contributed by atoms with E-state index in [4.69, 9.17) is 11.6 Å². The number of hydrogen-bond acceptors (Lipinski definition) is 5. The number of rotatable bonds is 3. The van der Waals surface area contributed by atoms with Gasteiger partial charge in [-0.05, 0) is 11.6 Å². The van der Waals surface area contributed by atoms with Crippen molar-refractivity contribution in [3.05, 3.63) is 60.5 Å². The SMILES string of the molecule is Cn1cc(-c2ccc3cnc(Nc4cncnc4)c(Cl)c3c2)cn1. The summed E-state index contributed by atoms with van der Waals surface area (Å²) in [6.45, 7) is 0. The van der Waals surface area contributed by atoms with Crippen LogP contribution in [0.4, 0.5) is 11.5 Å². The van der Waals surface area contributed by atoms with E-state index in [-0.39, 0.29) is 0 Å². The molecule has 4 rings (SSSR count). The second kappa shape index (κ2) is 5.90. The zero-order chi connectivity index (χ0) is 16.5. The summed E-state index contributed by atoms with van der Waals surface area (Å²) in [6, 6.07) is 6.09. The maximum absolute atomic E-state index is 6.57. The lowest BCUT2D eigenvalue weighted by Gasteiger charge is -2.10. The summed E-state index contributed by atoms with van der Waals surface area (Å²) in [5.41, 5.74) is 2.82. The normalized spacial score (nSPS) is 10.9. The summed E-state index contributed by atoms with van der Waals surface area (Å²) >= 11 is 6.57. The lowest BCUT2D eigenvalue weighted by atomic mass is 10.0. The number of benzene rings is 1. The molecular weight excluding hydrogens is 324 g/mol. The van der Waals surface area contributed by atoms with Crippen LogP contribution in [0.5, 0.6) is 0 Å². The maximum Gasteiger partial charge on any atom is 0.149 e. The molecule has 0 amide bonds. The van der Waals surface area contributed by atoms with E-state index in [1.165, 1.54) is 6.33 Å². The smallest absolute Gasteiger partial charge is 0.149 e. The number of nitrogens with zero attached hydrogens (tertiary/aromatic N) is 5. The molecule has 0 aliphatic rings. The molecule has 0 unspecified atom stereocenters. The molecule has 0 aliphatic carbocycles. The third-order valence-corrected chi connectivity index (χ3v) is 4.07. The molecule has 3 heterocycles. The molecule has 6 nitrogen and oxygen atoms in total. The molecule has 3 aromatic heterocycles. The van der Waals surface area contributed by atoms with Gasteiger partial charge in [-0.25, -0.2) is 15.0 Å². The van der Waals surface area contributed by atoms with Crippen LogP contribution in [0.1, 0.15) is 0 Å². The molecule has 24 heavy (non-hydrogen) atoms. The summed E-state index contributed by atoms with van der Waals surface area (Å²) in [6.07, 6.45) is 10.4. The zero-order valence-electron chi connectivity index (χ0n) is 12.8. The quantitative estimate of drug-likeness (QED) is 0.616. The highest BCUT2D eigenvalue weighted by Crippen LogP contribution is 2.33. The predicted octanol–water partition coefficient (Wildman–Crippen LogP) is 3.82. The average molecular weight is 337 g/mol. The molecule has 1 aromatic carbocycles. The summed E-state index contributed by atoms with van der Waals surface area (Å²) in [7, 11) is 1.89. The second-order valence-corrected chi connectivity index (χ2v) is 5.76. The average Bonchev–Trinajstić information content (AvgIpc) is 3.05. The van der Waals surface area contributed by atoms with Crippen molar-refractivity contribution < 1.29 is 0 Å². The fourth-order valence-corrected chi connectivity index (χ4v) is 2.77. The Balaban J connectivity index is 1.79. The summed E-state index contributed by atoms with van der Waals surface area (Å²) in [4.78, 5) is 12.3. The van der Waals surface area contributed by atoms with Crippen molar-refractivity contribution in [2.75, 3.05) is 5.32 Å². The predicted molar refractivity (Wildman–Crippen MR) is 94.3 cm³/mol. The molecule has 0 aliphatic heterocycles. The monoisotopic (exact) mass is 336 g/mol. The number of fused-ring (bicyclic) bond motifs is 1. The van der Waals surface area contributed by atoms with Gasteiger partial charge in [-0.3, -0.25) is 4.68 Å². The highest BCUT2D eigenvalue weighted by atomic mass is 35.5. The van der Waals surface area contributed by atoms with Gasteiger partial charge in [-0.15, -0.1) is 0 Å². The molecule has 0 spiro atoms. The van der Waals surface area contributed by atoms with E-state index in [1.807, 2.05) is 37.6 Å². The van der Waals surface area contributed by atoms with Gasteiger partial charge in [-0.2, -0.15) is 5.10 Å². The van der Waals surface area contributed by atoms with Crippen molar-refractivity contribution >= 4 is 33.9 Å². The Morgan fingerprint density at radius 1 is 1.04 bits per heavy atom. The highest BCUT2D eigenvalue weighted by Gasteiger charge is 2.10. The van der Waals surface area contributed by atoms with E-state index in [1.54, 1.807) is 23.3 Å². The molecule has 0 radical (unpaired) electrons. The Morgan fingerprint density at radius 3 is 2.62 bits per heavy atom. The molecule has 0 saturated heterocycles. The van der Waals surface area contributed by atoms with Crippen molar-refractivity contribution in [3.8, 4) is 11.1 Å². The fourth-order valence-electron chi connectivity index (χ4n) is 2.51. The number of halogens is 1. The first-order valence-electron chi connectivity index (χ1n) is 7.30. The minimum Gasteiger partial charge on any atom is -0.336 e. The van der Waals surface area contributed by atoms with Gasteiger partial charge >= 0.3 is 0 Å². The molecule has 7 heteroatoms. The van der Waals surface area contributed by atoms with Gasteiger partial charge < -0.3 is 5.32 Å². The Kier molecular flexibility index (Phi) is 3.59. The fraction of sp³-hybridized carbons (Fsp3) is 0.0588. The van der Waals surface area contributed by atoms with Crippen molar-refractivity contribution in [1.29, 1.82) is 0 Å². The molecular formula is C17H13ClN6. The third kappa shape index (κ3) is 2.68. The topological polar surface area (TPSA) is 68.5 Å². The van der Waals surface area contributed by atoms with Gasteiger partial charge in [0, 0.05) is 35.8 Å². The zero-order valence-corrected chi connectivity index (χ0v) is 13.6. The van der Waals surface area contributed by atoms with Gasteiger partial charge in [0.2, 0.25) is 0 Å². The summed E-state index contributed by atoms with van der Waals surface area (Å²) < 4.78 is 1.77. The van der Waals surface area contributed by atoms with Crippen LogP contribution in [-0.4, -0.2) is 24.7 Å². The van der Waals surface area contributed by atoms with Crippen molar-refractivity contribution in [2.24, 2.45) is 7.05 Å². The molecule has 118 valence electrons. The maximum atomic E-state index is 6.57. The molecule has 0 bridgehead atoms. The first kappa shape index (κ1) is 14.6. The minimum atomic E-state index is 0.557. The molecule has 0 fully saturated rings. The number of anilines is 2. The van der Waals surface area contributed by atoms with Crippen LogP contribution in [0.25, 0.3) is 21.9 Å². The first-order chi connectivity index (χ1) is 11.7. The highest BCUT2D eigenvalue weighted by molar-refractivity contribution is 6.38. The number of aryl methyl sites for hydroxylation is 1. The molecule has 1 N–H and O–H groups in total. The van der Waals surface area contributed by atoms with E-state index in [0.29, 0.717) is 10.8 Å². The molecule has 0 saturated carbocycles.